The van der Waals surface area contributed by atoms with Gasteiger partial charge in [-0.3, -0.25) is 9.59 Å². The van der Waals surface area contributed by atoms with Gasteiger partial charge >= 0.3 is 0 Å². The lowest BCUT2D eigenvalue weighted by Gasteiger charge is -2.28. The molecule has 0 aromatic rings. The molecule has 1 fully saturated rings. The number of piperidine rings is 1. The van der Waals surface area contributed by atoms with E-state index in [1.807, 2.05) is 13.8 Å². The highest BCUT2D eigenvalue weighted by atomic mass is 16.2. The van der Waals surface area contributed by atoms with Crippen LogP contribution in [-0.4, -0.2) is 38.0 Å². The van der Waals surface area contributed by atoms with Crippen LogP contribution >= 0.6 is 0 Å². The molecular formula is C13H25N3O2. The zero-order valence-corrected chi connectivity index (χ0v) is 11.8. The average molecular weight is 255 g/mol. The second-order valence-electron chi connectivity index (χ2n) is 5.76. The molecule has 5 heteroatoms. The van der Waals surface area contributed by atoms with Crippen LogP contribution in [0.3, 0.4) is 0 Å². The average Bonchev–Trinajstić information content (AvgIpc) is 2.35. The largest absolute Gasteiger partial charge is 0.359 e. The van der Waals surface area contributed by atoms with Gasteiger partial charge in [-0.15, -0.1) is 0 Å². The van der Waals surface area contributed by atoms with E-state index in [2.05, 4.69) is 22.9 Å². The van der Waals surface area contributed by atoms with Gasteiger partial charge in [-0.1, -0.05) is 0 Å². The highest BCUT2D eigenvalue weighted by Gasteiger charge is 2.29. The maximum atomic E-state index is 12.0. The lowest BCUT2D eigenvalue weighted by molar-refractivity contribution is -0.130. The van der Waals surface area contributed by atoms with E-state index >= 15 is 0 Å². The summed E-state index contributed by atoms with van der Waals surface area (Å²) in [4.78, 5) is 23.6. The minimum Gasteiger partial charge on any atom is -0.359 e. The van der Waals surface area contributed by atoms with Crippen molar-refractivity contribution in [2.45, 2.75) is 39.7 Å². The number of carbonyl (C=O) groups excluding carboxylic acids is 2. The molecule has 104 valence electrons. The van der Waals surface area contributed by atoms with Gasteiger partial charge in [0.1, 0.15) is 0 Å². The van der Waals surface area contributed by atoms with Gasteiger partial charge in [0.2, 0.25) is 11.8 Å². The van der Waals surface area contributed by atoms with Gasteiger partial charge in [0, 0.05) is 26.2 Å². The predicted molar refractivity (Wildman–Crippen MR) is 71.0 cm³/mol. The van der Waals surface area contributed by atoms with Gasteiger partial charge in [0.15, 0.2) is 0 Å². The summed E-state index contributed by atoms with van der Waals surface area (Å²) in [6.45, 7) is 6.88. The van der Waals surface area contributed by atoms with Crippen LogP contribution in [0.4, 0.5) is 0 Å². The van der Waals surface area contributed by atoms with E-state index in [9.17, 15) is 9.59 Å². The molecule has 0 radical (unpaired) electrons. The lowest BCUT2D eigenvalue weighted by Crippen LogP contribution is -2.48. The van der Waals surface area contributed by atoms with Crippen LogP contribution in [0, 0.1) is 11.3 Å². The molecule has 1 aliphatic rings. The zero-order chi connectivity index (χ0) is 13.8. The molecule has 0 aromatic carbocycles. The van der Waals surface area contributed by atoms with Crippen LogP contribution in [0.1, 0.15) is 33.6 Å². The normalized spacial score (nSPS) is 24.4. The van der Waals surface area contributed by atoms with Crippen molar-refractivity contribution in [3.05, 3.63) is 0 Å². The quantitative estimate of drug-likeness (QED) is 0.675. The summed E-state index contributed by atoms with van der Waals surface area (Å²) >= 11 is 0. The van der Waals surface area contributed by atoms with E-state index in [1.54, 1.807) is 7.05 Å². The molecule has 2 unspecified atom stereocenters. The number of nitrogens with one attached hydrogen (secondary N) is 3. The Morgan fingerprint density at radius 1 is 1.33 bits per heavy atom. The Morgan fingerprint density at radius 2 is 2.00 bits per heavy atom. The number of hydrogen-bond acceptors (Lipinski definition) is 3. The molecule has 1 rings (SSSR count). The molecule has 2 atom stereocenters. The molecule has 5 nitrogen and oxygen atoms in total. The zero-order valence-electron chi connectivity index (χ0n) is 11.8. The number of carbonyl (C=O) groups is 2. The molecule has 0 aliphatic carbocycles. The number of rotatable bonds is 4. The molecule has 18 heavy (non-hydrogen) atoms. The first-order valence-electron chi connectivity index (χ1n) is 6.60. The van der Waals surface area contributed by atoms with E-state index in [0.717, 1.165) is 19.4 Å². The molecule has 2 amide bonds. The van der Waals surface area contributed by atoms with E-state index in [-0.39, 0.29) is 17.7 Å². The van der Waals surface area contributed by atoms with Crippen LogP contribution in [0.15, 0.2) is 0 Å². The summed E-state index contributed by atoms with van der Waals surface area (Å²) in [7, 11) is 1.61. The fourth-order valence-corrected chi connectivity index (χ4v) is 2.09. The summed E-state index contributed by atoms with van der Waals surface area (Å²) in [6, 6.07) is 0.497. The fraction of sp³-hybridized carbons (Fsp3) is 0.846. The molecule has 0 aromatic heterocycles. The number of amides is 2. The summed E-state index contributed by atoms with van der Waals surface area (Å²) in [6.07, 6.45) is 1.94. The maximum Gasteiger partial charge on any atom is 0.227 e. The van der Waals surface area contributed by atoms with Crippen LogP contribution in [0.25, 0.3) is 0 Å². The van der Waals surface area contributed by atoms with E-state index in [4.69, 9.17) is 0 Å². The summed E-state index contributed by atoms with van der Waals surface area (Å²) in [5.41, 5.74) is -0.570. The molecular weight excluding hydrogens is 230 g/mol. The van der Waals surface area contributed by atoms with Crippen LogP contribution in [0.5, 0.6) is 0 Å². The van der Waals surface area contributed by atoms with E-state index in [0.29, 0.717) is 12.6 Å². The third kappa shape index (κ3) is 3.98. The van der Waals surface area contributed by atoms with Gasteiger partial charge in [0.25, 0.3) is 0 Å². The minimum absolute atomic E-state index is 0.0293. The maximum absolute atomic E-state index is 12.0. The molecule has 0 bridgehead atoms. The van der Waals surface area contributed by atoms with E-state index in [1.165, 1.54) is 0 Å². The second kappa shape index (κ2) is 6.18. The second-order valence-corrected chi connectivity index (χ2v) is 5.76. The Bertz CT molecular complexity index is 307. The van der Waals surface area contributed by atoms with Crippen molar-refractivity contribution in [3.63, 3.8) is 0 Å². The highest BCUT2D eigenvalue weighted by molar-refractivity contribution is 5.83. The van der Waals surface area contributed by atoms with Crippen molar-refractivity contribution in [3.8, 4) is 0 Å². The van der Waals surface area contributed by atoms with Crippen molar-refractivity contribution in [1.82, 2.24) is 16.0 Å². The van der Waals surface area contributed by atoms with Crippen LogP contribution in [0.2, 0.25) is 0 Å². The predicted octanol–water partition coefficient (Wildman–Crippen LogP) is 0.263. The van der Waals surface area contributed by atoms with Gasteiger partial charge in [-0.2, -0.15) is 0 Å². The molecule has 1 aliphatic heterocycles. The SMILES string of the molecule is CNC(=O)C(C)(C)CNC(=O)C1CCC(C)NC1. The molecule has 0 saturated carbocycles. The Kier molecular flexibility index (Phi) is 5.14. The standard InChI is InChI=1S/C13H25N3O2/c1-9-5-6-10(7-15-9)11(17)16-8-13(2,3)12(18)14-4/h9-10,15H,5-8H2,1-4H3,(H,14,18)(H,16,17). The molecule has 1 saturated heterocycles. The lowest BCUT2D eigenvalue weighted by atomic mass is 9.91. The van der Waals surface area contributed by atoms with Gasteiger partial charge in [0.05, 0.1) is 11.3 Å². The smallest absolute Gasteiger partial charge is 0.227 e. The minimum atomic E-state index is -0.570. The van der Waals surface area contributed by atoms with Crippen molar-refractivity contribution in [2.24, 2.45) is 11.3 Å². The van der Waals surface area contributed by atoms with Crippen LogP contribution in [-0.2, 0) is 9.59 Å². The van der Waals surface area contributed by atoms with E-state index < -0.39 is 5.41 Å². The Morgan fingerprint density at radius 3 is 2.50 bits per heavy atom. The van der Waals surface area contributed by atoms with Gasteiger partial charge < -0.3 is 16.0 Å². The third-order valence-electron chi connectivity index (χ3n) is 3.58. The van der Waals surface area contributed by atoms with Crippen molar-refractivity contribution in [1.29, 1.82) is 0 Å². The molecule has 1 heterocycles. The molecule has 0 spiro atoms. The Labute approximate surface area is 109 Å². The fourth-order valence-electron chi connectivity index (χ4n) is 2.09. The third-order valence-corrected chi connectivity index (χ3v) is 3.58. The van der Waals surface area contributed by atoms with Crippen molar-refractivity contribution in [2.75, 3.05) is 20.1 Å². The molecule has 3 N–H and O–H groups in total. The topological polar surface area (TPSA) is 70.2 Å². The monoisotopic (exact) mass is 255 g/mol. The van der Waals surface area contributed by atoms with Gasteiger partial charge in [-0.25, -0.2) is 0 Å². The first-order valence-corrected chi connectivity index (χ1v) is 6.60. The van der Waals surface area contributed by atoms with Crippen molar-refractivity contribution >= 4 is 11.8 Å². The Balaban J connectivity index is 2.39. The van der Waals surface area contributed by atoms with Crippen LogP contribution < -0.4 is 16.0 Å². The first kappa shape index (κ1) is 15.0. The first-order chi connectivity index (χ1) is 8.36. The van der Waals surface area contributed by atoms with Gasteiger partial charge in [-0.05, 0) is 33.6 Å². The van der Waals surface area contributed by atoms with Crippen molar-refractivity contribution < 1.29 is 9.59 Å². The summed E-state index contributed by atoms with van der Waals surface area (Å²) < 4.78 is 0. The number of hydrogen-bond donors (Lipinski definition) is 3. The highest BCUT2D eigenvalue weighted by Crippen LogP contribution is 2.16. The summed E-state index contributed by atoms with van der Waals surface area (Å²) in [5.74, 6) is 0.0197. The summed E-state index contributed by atoms with van der Waals surface area (Å²) in [5, 5.41) is 8.80. The Hall–Kier alpha value is -1.10.